The Balaban J connectivity index is 2.04. The van der Waals surface area contributed by atoms with Gasteiger partial charge in [-0.05, 0) is 18.6 Å². The van der Waals surface area contributed by atoms with Crippen LogP contribution in [0.2, 0.25) is 0 Å². The molecule has 0 radical (unpaired) electrons. The molecule has 2 N–H and O–H groups in total. The van der Waals surface area contributed by atoms with Gasteiger partial charge >= 0.3 is 0 Å². The number of nitrogens with two attached hydrogens (primary N) is 1. The van der Waals surface area contributed by atoms with E-state index in [-0.39, 0.29) is 0 Å². The molecule has 0 aliphatic carbocycles. The second kappa shape index (κ2) is 5.69. The summed E-state index contributed by atoms with van der Waals surface area (Å²) in [5.41, 5.74) is 8.50. The van der Waals surface area contributed by atoms with E-state index in [1.54, 1.807) is 0 Å². The molecule has 2 heterocycles. The van der Waals surface area contributed by atoms with E-state index in [2.05, 4.69) is 28.9 Å². The van der Waals surface area contributed by atoms with Crippen molar-refractivity contribution in [2.75, 3.05) is 24.6 Å². The number of ether oxygens (including phenoxy) is 1. The quantitative estimate of drug-likeness (QED) is 0.927. The number of morpholine rings is 1. The number of rotatable bonds is 3. The van der Waals surface area contributed by atoms with E-state index in [1.165, 1.54) is 0 Å². The maximum Gasteiger partial charge on any atom is 0.248 e. The minimum atomic E-state index is -0.546. The third-order valence-corrected chi connectivity index (χ3v) is 3.83. The van der Waals surface area contributed by atoms with E-state index in [9.17, 15) is 4.79 Å². The average molecular weight is 285 g/mol. The zero-order valence-corrected chi connectivity index (χ0v) is 12.1. The lowest BCUT2D eigenvalue weighted by molar-refractivity contribution is -0.130. The summed E-state index contributed by atoms with van der Waals surface area (Å²) in [6.07, 6.45) is 0.331. The number of carbonyl (C=O) groups is 1. The minimum Gasteiger partial charge on any atom is -0.367 e. The first-order valence-electron chi connectivity index (χ1n) is 7.23. The number of benzene rings is 1. The maximum atomic E-state index is 11.4. The first-order chi connectivity index (χ1) is 10.2. The van der Waals surface area contributed by atoms with Gasteiger partial charge in [-0.25, -0.2) is 0 Å². The molecular formula is C16H19N3O2. The van der Waals surface area contributed by atoms with Gasteiger partial charge in [0.2, 0.25) is 5.91 Å². The first-order valence-corrected chi connectivity index (χ1v) is 7.23. The van der Waals surface area contributed by atoms with Crippen molar-refractivity contribution in [3.05, 3.63) is 36.0 Å². The fourth-order valence-electron chi connectivity index (χ4n) is 2.69. The monoisotopic (exact) mass is 285 g/mol. The normalized spacial score (nSPS) is 18.9. The predicted molar refractivity (Wildman–Crippen MR) is 82.3 cm³/mol. The van der Waals surface area contributed by atoms with Crippen LogP contribution < -0.4 is 10.6 Å². The molecule has 5 heteroatoms. The van der Waals surface area contributed by atoms with Crippen LogP contribution >= 0.6 is 0 Å². The molecule has 1 amide bonds. The van der Waals surface area contributed by atoms with Gasteiger partial charge in [0.1, 0.15) is 0 Å². The van der Waals surface area contributed by atoms with Gasteiger partial charge in [0, 0.05) is 23.3 Å². The smallest absolute Gasteiger partial charge is 0.248 e. The summed E-state index contributed by atoms with van der Waals surface area (Å²) in [6, 6.07) is 10.2. The number of pyridine rings is 1. The van der Waals surface area contributed by atoms with Gasteiger partial charge in [-0.3, -0.25) is 9.78 Å². The number of aromatic nitrogens is 1. The minimum absolute atomic E-state index is 0.409. The number of carbonyl (C=O) groups excluding carboxylic acids is 1. The van der Waals surface area contributed by atoms with Crippen LogP contribution in [0.15, 0.2) is 30.3 Å². The molecule has 1 atom stereocenters. The fraction of sp³-hybridized carbons (Fsp3) is 0.375. The molecule has 21 heavy (non-hydrogen) atoms. The molecule has 1 unspecified atom stereocenters. The van der Waals surface area contributed by atoms with Gasteiger partial charge in [-0.1, -0.05) is 25.1 Å². The Hall–Kier alpha value is -2.14. The molecule has 5 nitrogen and oxygen atoms in total. The van der Waals surface area contributed by atoms with Crippen LogP contribution in [0.5, 0.6) is 0 Å². The van der Waals surface area contributed by atoms with Crippen LogP contribution in [0.4, 0.5) is 5.69 Å². The van der Waals surface area contributed by atoms with Gasteiger partial charge in [0.15, 0.2) is 6.10 Å². The molecule has 3 rings (SSSR count). The Morgan fingerprint density at radius 3 is 3.05 bits per heavy atom. The van der Waals surface area contributed by atoms with Gasteiger partial charge in [0.05, 0.1) is 18.7 Å². The SMILES string of the molecule is CCc1cc(N2CCOC(C(N)=O)C2)c2ccccc2n1. The van der Waals surface area contributed by atoms with Crippen molar-refractivity contribution in [2.45, 2.75) is 19.4 Å². The summed E-state index contributed by atoms with van der Waals surface area (Å²) in [7, 11) is 0. The van der Waals surface area contributed by atoms with Crippen LogP contribution in [0.1, 0.15) is 12.6 Å². The molecule has 1 saturated heterocycles. The molecule has 2 aromatic rings. The van der Waals surface area contributed by atoms with Crippen LogP contribution in [-0.4, -0.2) is 36.7 Å². The molecule has 1 aliphatic rings. The van der Waals surface area contributed by atoms with Gasteiger partial charge < -0.3 is 15.4 Å². The second-order valence-corrected chi connectivity index (χ2v) is 5.21. The standard InChI is InChI=1S/C16H19N3O2/c1-2-11-9-14(12-5-3-4-6-13(12)18-11)19-7-8-21-15(10-19)16(17)20/h3-6,9,15H,2,7-8,10H2,1H3,(H2,17,20). The van der Waals surface area contributed by atoms with Gasteiger partial charge in [-0.2, -0.15) is 0 Å². The highest BCUT2D eigenvalue weighted by Gasteiger charge is 2.26. The number of aryl methyl sites for hydroxylation is 1. The zero-order valence-electron chi connectivity index (χ0n) is 12.1. The molecular weight excluding hydrogens is 266 g/mol. The lowest BCUT2D eigenvalue weighted by Crippen LogP contribution is -2.48. The van der Waals surface area contributed by atoms with Crippen molar-refractivity contribution in [3.8, 4) is 0 Å². The third-order valence-electron chi connectivity index (χ3n) is 3.83. The van der Waals surface area contributed by atoms with Crippen LogP contribution in [0.25, 0.3) is 10.9 Å². The number of anilines is 1. The van der Waals surface area contributed by atoms with E-state index >= 15 is 0 Å². The van der Waals surface area contributed by atoms with E-state index in [1.807, 2.05) is 18.2 Å². The summed E-state index contributed by atoms with van der Waals surface area (Å²) in [4.78, 5) is 18.2. The van der Waals surface area contributed by atoms with Gasteiger partial charge in [-0.15, -0.1) is 0 Å². The summed E-state index contributed by atoms with van der Waals surface area (Å²) in [5.74, 6) is -0.409. The predicted octanol–water partition coefficient (Wildman–Crippen LogP) is 1.49. The van der Waals surface area contributed by atoms with Crippen molar-refractivity contribution in [2.24, 2.45) is 5.73 Å². The molecule has 110 valence electrons. The third kappa shape index (κ3) is 2.69. The Bertz CT molecular complexity index is 672. The Morgan fingerprint density at radius 1 is 1.48 bits per heavy atom. The molecule has 0 bridgehead atoms. The lowest BCUT2D eigenvalue weighted by Gasteiger charge is -2.34. The van der Waals surface area contributed by atoms with Crippen molar-refractivity contribution in [1.82, 2.24) is 4.98 Å². The van der Waals surface area contributed by atoms with Crippen molar-refractivity contribution in [3.63, 3.8) is 0 Å². The van der Waals surface area contributed by atoms with E-state index in [0.717, 1.165) is 35.2 Å². The first kappa shape index (κ1) is 13.8. The van der Waals surface area contributed by atoms with Crippen LogP contribution in [-0.2, 0) is 16.0 Å². The molecule has 1 aromatic carbocycles. The highest BCUT2D eigenvalue weighted by Crippen LogP contribution is 2.28. The Kier molecular flexibility index (Phi) is 3.75. The van der Waals surface area contributed by atoms with Crippen molar-refractivity contribution >= 4 is 22.5 Å². The van der Waals surface area contributed by atoms with E-state index in [0.29, 0.717) is 13.2 Å². The summed E-state index contributed by atoms with van der Waals surface area (Å²) < 4.78 is 5.43. The van der Waals surface area contributed by atoms with Crippen molar-refractivity contribution < 1.29 is 9.53 Å². The zero-order chi connectivity index (χ0) is 14.8. The lowest BCUT2D eigenvalue weighted by atomic mass is 10.1. The van der Waals surface area contributed by atoms with E-state index in [4.69, 9.17) is 10.5 Å². The average Bonchev–Trinajstić information content (AvgIpc) is 2.53. The number of nitrogens with zero attached hydrogens (tertiary/aromatic N) is 2. The Labute approximate surface area is 123 Å². The second-order valence-electron chi connectivity index (χ2n) is 5.21. The molecule has 1 aliphatic heterocycles. The summed E-state index contributed by atoms with van der Waals surface area (Å²) in [6.45, 7) is 3.84. The molecule has 1 aromatic heterocycles. The summed E-state index contributed by atoms with van der Waals surface area (Å²) >= 11 is 0. The number of para-hydroxylation sites is 1. The highest BCUT2D eigenvalue weighted by atomic mass is 16.5. The Morgan fingerprint density at radius 2 is 2.29 bits per heavy atom. The molecule has 0 spiro atoms. The van der Waals surface area contributed by atoms with Crippen molar-refractivity contribution in [1.29, 1.82) is 0 Å². The molecule has 0 saturated carbocycles. The van der Waals surface area contributed by atoms with Gasteiger partial charge in [0.25, 0.3) is 0 Å². The number of hydrogen-bond acceptors (Lipinski definition) is 4. The maximum absolute atomic E-state index is 11.4. The number of amides is 1. The highest BCUT2D eigenvalue weighted by molar-refractivity contribution is 5.92. The number of fused-ring (bicyclic) bond motifs is 1. The topological polar surface area (TPSA) is 68.5 Å². The van der Waals surface area contributed by atoms with E-state index < -0.39 is 12.0 Å². The molecule has 1 fully saturated rings. The van der Waals surface area contributed by atoms with Crippen LogP contribution in [0, 0.1) is 0 Å². The number of primary amides is 1. The largest absolute Gasteiger partial charge is 0.367 e. The van der Waals surface area contributed by atoms with Crippen LogP contribution in [0.3, 0.4) is 0 Å². The number of hydrogen-bond donors (Lipinski definition) is 1. The summed E-state index contributed by atoms with van der Waals surface area (Å²) in [5, 5.41) is 1.10. The fourth-order valence-corrected chi connectivity index (χ4v) is 2.69.